The van der Waals surface area contributed by atoms with Gasteiger partial charge in [-0.3, -0.25) is 0 Å². The molecule has 1 N–H and O–H groups in total. The Labute approximate surface area is 127 Å². The fourth-order valence-corrected chi connectivity index (χ4v) is 2.46. The van der Waals surface area contributed by atoms with Crippen LogP contribution < -0.4 is 4.74 Å². The number of ether oxygens (including phenoxy) is 1. The van der Waals surface area contributed by atoms with Crippen molar-refractivity contribution in [2.75, 3.05) is 6.61 Å². The molecule has 2 nitrogen and oxygen atoms in total. The minimum Gasteiger partial charge on any atom is -0.490 e. The largest absolute Gasteiger partial charge is 0.490 e. The van der Waals surface area contributed by atoms with Crippen LogP contribution in [0.4, 0.5) is 0 Å². The molecule has 112 valence electrons. The molecule has 0 aliphatic rings. The first-order valence-electron chi connectivity index (χ1n) is 7.46. The second kappa shape index (κ2) is 6.77. The quantitative estimate of drug-likeness (QED) is 0.873. The number of hydrogen-bond donors (Lipinski definition) is 1. The summed E-state index contributed by atoms with van der Waals surface area (Å²) in [7, 11) is 0. The van der Waals surface area contributed by atoms with Gasteiger partial charge in [0, 0.05) is 0 Å². The molecule has 0 bridgehead atoms. The van der Waals surface area contributed by atoms with Crippen molar-refractivity contribution in [1.29, 1.82) is 0 Å². The first kappa shape index (κ1) is 15.6. The highest BCUT2D eigenvalue weighted by molar-refractivity contribution is 5.39. The number of hydrogen-bond acceptors (Lipinski definition) is 2. The van der Waals surface area contributed by atoms with E-state index in [2.05, 4.69) is 32.9 Å². The standard InChI is InChI=1S/C19H24O2/c1-13(2)16-10-9-14(3)11-19(16)21-12-18(20)17-8-6-5-7-15(17)4/h5-11,13,18,20H,12H2,1-4H3. The average molecular weight is 284 g/mol. The van der Waals surface area contributed by atoms with E-state index >= 15 is 0 Å². The van der Waals surface area contributed by atoms with Gasteiger partial charge in [0.2, 0.25) is 0 Å². The Bertz CT molecular complexity index is 602. The molecule has 0 heterocycles. The van der Waals surface area contributed by atoms with Crippen LogP contribution in [0.15, 0.2) is 42.5 Å². The average Bonchev–Trinajstić information content (AvgIpc) is 2.45. The Hall–Kier alpha value is -1.80. The van der Waals surface area contributed by atoms with E-state index in [-0.39, 0.29) is 6.61 Å². The van der Waals surface area contributed by atoms with E-state index in [1.165, 1.54) is 11.1 Å². The Balaban J connectivity index is 2.13. The predicted molar refractivity (Wildman–Crippen MR) is 86.9 cm³/mol. The SMILES string of the molecule is Cc1ccc(C(C)C)c(OCC(O)c2ccccc2C)c1. The van der Waals surface area contributed by atoms with Crippen LogP contribution >= 0.6 is 0 Å². The monoisotopic (exact) mass is 284 g/mol. The second-order valence-corrected chi connectivity index (χ2v) is 5.88. The smallest absolute Gasteiger partial charge is 0.123 e. The van der Waals surface area contributed by atoms with Crippen LogP contribution in [0.5, 0.6) is 5.75 Å². The van der Waals surface area contributed by atoms with Gasteiger partial charge in [0.15, 0.2) is 0 Å². The maximum Gasteiger partial charge on any atom is 0.123 e. The van der Waals surface area contributed by atoms with E-state index in [4.69, 9.17) is 4.74 Å². The molecule has 0 fully saturated rings. The summed E-state index contributed by atoms with van der Waals surface area (Å²) >= 11 is 0. The number of aryl methyl sites for hydroxylation is 2. The van der Waals surface area contributed by atoms with Gasteiger partial charge in [-0.2, -0.15) is 0 Å². The number of aliphatic hydroxyl groups excluding tert-OH is 1. The summed E-state index contributed by atoms with van der Waals surface area (Å²) in [6, 6.07) is 14.1. The van der Waals surface area contributed by atoms with Crippen LogP contribution in [0.1, 0.15) is 48.1 Å². The summed E-state index contributed by atoms with van der Waals surface area (Å²) in [6.45, 7) is 8.62. The highest BCUT2D eigenvalue weighted by atomic mass is 16.5. The van der Waals surface area contributed by atoms with Gasteiger partial charge >= 0.3 is 0 Å². The van der Waals surface area contributed by atoms with Gasteiger partial charge in [-0.05, 0) is 48.1 Å². The topological polar surface area (TPSA) is 29.5 Å². The molecule has 0 saturated heterocycles. The van der Waals surface area contributed by atoms with E-state index in [1.807, 2.05) is 37.3 Å². The Morgan fingerprint density at radius 1 is 1.00 bits per heavy atom. The molecule has 0 aliphatic heterocycles. The number of rotatable bonds is 5. The molecule has 2 heteroatoms. The number of benzene rings is 2. The second-order valence-electron chi connectivity index (χ2n) is 5.88. The maximum atomic E-state index is 10.3. The summed E-state index contributed by atoms with van der Waals surface area (Å²) in [4.78, 5) is 0. The molecule has 2 aromatic carbocycles. The summed E-state index contributed by atoms with van der Waals surface area (Å²) in [6.07, 6.45) is -0.605. The zero-order chi connectivity index (χ0) is 15.4. The van der Waals surface area contributed by atoms with Gasteiger partial charge in [0.1, 0.15) is 18.5 Å². The highest BCUT2D eigenvalue weighted by Crippen LogP contribution is 2.28. The molecular weight excluding hydrogens is 260 g/mol. The van der Waals surface area contributed by atoms with Crippen LogP contribution in [-0.2, 0) is 0 Å². The lowest BCUT2D eigenvalue weighted by atomic mass is 10.0. The van der Waals surface area contributed by atoms with E-state index in [0.717, 1.165) is 16.9 Å². The molecule has 2 rings (SSSR count). The Morgan fingerprint density at radius 3 is 2.38 bits per heavy atom. The van der Waals surface area contributed by atoms with Crippen LogP contribution in [0, 0.1) is 13.8 Å². The van der Waals surface area contributed by atoms with Gasteiger partial charge < -0.3 is 9.84 Å². The van der Waals surface area contributed by atoms with Crippen molar-refractivity contribution in [3.63, 3.8) is 0 Å². The van der Waals surface area contributed by atoms with E-state index in [1.54, 1.807) is 0 Å². The fraction of sp³-hybridized carbons (Fsp3) is 0.368. The van der Waals surface area contributed by atoms with Gasteiger partial charge in [0.25, 0.3) is 0 Å². The molecule has 0 saturated carbocycles. The Kier molecular flexibility index (Phi) is 5.03. The molecule has 0 radical (unpaired) electrons. The van der Waals surface area contributed by atoms with Crippen molar-refractivity contribution in [2.24, 2.45) is 0 Å². The number of aliphatic hydroxyl groups is 1. The molecule has 21 heavy (non-hydrogen) atoms. The Morgan fingerprint density at radius 2 is 1.71 bits per heavy atom. The van der Waals surface area contributed by atoms with Gasteiger partial charge in [-0.25, -0.2) is 0 Å². The van der Waals surface area contributed by atoms with Crippen molar-refractivity contribution in [1.82, 2.24) is 0 Å². The van der Waals surface area contributed by atoms with Crippen LogP contribution in [-0.4, -0.2) is 11.7 Å². The highest BCUT2D eigenvalue weighted by Gasteiger charge is 2.13. The van der Waals surface area contributed by atoms with Crippen molar-refractivity contribution >= 4 is 0 Å². The first-order valence-corrected chi connectivity index (χ1v) is 7.46. The van der Waals surface area contributed by atoms with Gasteiger partial charge in [-0.15, -0.1) is 0 Å². The van der Waals surface area contributed by atoms with E-state index < -0.39 is 6.10 Å². The summed E-state index contributed by atoms with van der Waals surface area (Å²) in [5.74, 6) is 1.27. The van der Waals surface area contributed by atoms with Crippen LogP contribution in [0.25, 0.3) is 0 Å². The molecular formula is C19H24O2. The lowest BCUT2D eigenvalue weighted by Crippen LogP contribution is -2.12. The summed E-state index contributed by atoms with van der Waals surface area (Å²) in [5, 5.41) is 10.3. The molecule has 0 aromatic heterocycles. The minimum atomic E-state index is -0.605. The fourth-order valence-electron chi connectivity index (χ4n) is 2.46. The lowest BCUT2D eigenvalue weighted by molar-refractivity contribution is 0.107. The maximum absolute atomic E-state index is 10.3. The third-order valence-electron chi connectivity index (χ3n) is 3.74. The molecule has 2 aromatic rings. The van der Waals surface area contributed by atoms with Crippen molar-refractivity contribution < 1.29 is 9.84 Å². The first-order chi connectivity index (χ1) is 9.99. The van der Waals surface area contributed by atoms with Crippen LogP contribution in [0.2, 0.25) is 0 Å². The van der Waals surface area contributed by atoms with Crippen molar-refractivity contribution in [3.05, 3.63) is 64.7 Å². The third kappa shape index (κ3) is 3.85. The molecule has 0 amide bonds. The zero-order valence-electron chi connectivity index (χ0n) is 13.3. The van der Waals surface area contributed by atoms with Crippen molar-refractivity contribution in [2.45, 2.75) is 39.7 Å². The molecule has 0 spiro atoms. The van der Waals surface area contributed by atoms with Crippen molar-refractivity contribution in [3.8, 4) is 5.75 Å². The predicted octanol–water partition coefficient (Wildman–Crippen LogP) is 4.54. The third-order valence-corrected chi connectivity index (χ3v) is 3.74. The zero-order valence-corrected chi connectivity index (χ0v) is 13.3. The lowest BCUT2D eigenvalue weighted by Gasteiger charge is -2.18. The van der Waals surface area contributed by atoms with E-state index in [0.29, 0.717) is 5.92 Å². The molecule has 1 unspecified atom stereocenters. The van der Waals surface area contributed by atoms with E-state index in [9.17, 15) is 5.11 Å². The van der Waals surface area contributed by atoms with Crippen LogP contribution in [0.3, 0.4) is 0 Å². The molecule has 1 atom stereocenters. The van der Waals surface area contributed by atoms with Gasteiger partial charge in [-0.1, -0.05) is 50.2 Å². The summed E-state index contributed by atoms with van der Waals surface area (Å²) in [5.41, 5.74) is 4.36. The molecule has 0 aliphatic carbocycles. The summed E-state index contributed by atoms with van der Waals surface area (Å²) < 4.78 is 5.90. The normalized spacial score (nSPS) is 12.5. The van der Waals surface area contributed by atoms with Gasteiger partial charge in [0.05, 0.1) is 0 Å². The minimum absolute atomic E-state index is 0.272.